The standard InChI is InChI=1S/C10H6F2N2O2S2/c1-4-7(9(15)16)17-10(14-4)18-8-6(12)2-5(11)3-13-8/h2-3H,1H3,(H,15,16). The molecule has 0 atom stereocenters. The molecule has 2 rings (SSSR count). The highest BCUT2D eigenvalue weighted by molar-refractivity contribution is 8.01. The van der Waals surface area contributed by atoms with Crippen molar-refractivity contribution in [3.63, 3.8) is 0 Å². The average molecular weight is 288 g/mol. The maximum absolute atomic E-state index is 13.3. The zero-order chi connectivity index (χ0) is 13.3. The van der Waals surface area contributed by atoms with Gasteiger partial charge in [-0.1, -0.05) is 11.3 Å². The molecule has 0 saturated carbocycles. The van der Waals surface area contributed by atoms with E-state index in [-0.39, 0.29) is 9.90 Å². The van der Waals surface area contributed by atoms with E-state index < -0.39 is 17.6 Å². The first-order valence-corrected chi connectivity index (χ1v) is 6.30. The van der Waals surface area contributed by atoms with Crippen molar-refractivity contribution in [1.29, 1.82) is 0 Å². The van der Waals surface area contributed by atoms with Gasteiger partial charge >= 0.3 is 5.97 Å². The van der Waals surface area contributed by atoms with Crippen LogP contribution in [0.2, 0.25) is 0 Å². The third-order valence-corrected chi connectivity index (χ3v) is 4.13. The summed E-state index contributed by atoms with van der Waals surface area (Å²) in [5.41, 5.74) is 0.359. The number of aromatic nitrogens is 2. The van der Waals surface area contributed by atoms with Crippen LogP contribution in [-0.4, -0.2) is 21.0 Å². The number of aromatic carboxylic acids is 1. The Bertz CT molecular complexity index is 616. The Balaban J connectivity index is 2.29. The summed E-state index contributed by atoms with van der Waals surface area (Å²) in [5, 5.41) is 8.82. The molecule has 0 aliphatic heterocycles. The fraction of sp³-hybridized carbons (Fsp3) is 0.100. The van der Waals surface area contributed by atoms with E-state index in [0.717, 1.165) is 29.3 Å². The van der Waals surface area contributed by atoms with Crippen LogP contribution >= 0.6 is 23.1 Å². The van der Waals surface area contributed by atoms with Crippen LogP contribution < -0.4 is 0 Å². The number of aryl methyl sites for hydroxylation is 1. The van der Waals surface area contributed by atoms with Gasteiger partial charge in [0.1, 0.15) is 15.7 Å². The third-order valence-electron chi connectivity index (χ3n) is 1.93. The number of hydrogen-bond donors (Lipinski definition) is 1. The minimum atomic E-state index is -1.08. The van der Waals surface area contributed by atoms with Crippen LogP contribution in [0, 0.1) is 18.6 Å². The largest absolute Gasteiger partial charge is 0.477 e. The Labute approximate surface area is 109 Å². The predicted molar refractivity (Wildman–Crippen MR) is 62.1 cm³/mol. The van der Waals surface area contributed by atoms with E-state index in [2.05, 4.69) is 9.97 Å². The number of rotatable bonds is 3. The summed E-state index contributed by atoms with van der Waals surface area (Å²) >= 11 is 1.79. The number of thiazole rings is 1. The lowest BCUT2D eigenvalue weighted by Crippen LogP contribution is -1.94. The molecule has 0 unspecified atom stereocenters. The number of pyridine rings is 1. The minimum absolute atomic E-state index is 0.0397. The number of carbonyl (C=O) groups is 1. The molecule has 0 fully saturated rings. The van der Waals surface area contributed by atoms with Crippen molar-refractivity contribution in [3.05, 3.63) is 34.5 Å². The van der Waals surface area contributed by atoms with E-state index in [1.165, 1.54) is 0 Å². The highest BCUT2D eigenvalue weighted by Gasteiger charge is 2.16. The number of halogens is 2. The van der Waals surface area contributed by atoms with E-state index in [4.69, 9.17) is 5.11 Å². The van der Waals surface area contributed by atoms with Gasteiger partial charge in [-0.25, -0.2) is 23.5 Å². The Kier molecular flexibility index (Phi) is 3.58. The van der Waals surface area contributed by atoms with Crippen LogP contribution in [-0.2, 0) is 0 Å². The number of hydrogen-bond acceptors (Lipinski definition) is 5. The SMILES string of the molecule is Cc1nc(Sc2ncc(F)cc2F)sc1C(=O)O. The summed E-state index contributed by atoms with van der Waals surface area (Å²) in [6, 6.07) is 0.716. The molecule has 0 bridgehead atoms. The molecule has 2 aromatic rings. The van der Waals surface area contributed by atoms with Crippen molar-refractivity contribution in [2.45, 2.75) is 16.3 Å². The summed E-state index contributed by atoms with van der Waals surface area (Å²) in [4.78, 5) is 18.5. The molecule has 0 amide bonds. The van der Waals surface area contributed by atoms with Crippen molar-refractivity contribution >= 4 is 29.1 Å². The number of nitrogens with zero attached hydrogens (tertiary/aromatic N) is 2. The van der Waals surface area contributed by atoms with Gasteiger partial charge < -0.3 is 5.11 Å². The van der Waals surface area contributed by atoms with Crippen molar-refractivity contribution in [3.8, 4) is 0 Å². The molecule has 0 aliphatic carbocycles. The normalized spacial score (nSPS) is 10.6. The van der Waals surface area contributed by atoms with Gasteiger partial charge in [-0.2, -0.15) is 0 Å². The van der Waals surface area contributed by atoms with Crippen LogP contribution in [0.1, 0.15) is 15.4 Å². The molecular formula is C10H6F2N2O2S2. The Morgan fingerprint density at radius 3 is 2.78 bits per heavy atom. The highest BCUT2D eigenvalue weighted by atomic mass is 32.2. The fourth-order valence-electron chi connectivity index (χ4n) is 1.17. The van der Waals surface area contributed by atoms with Crippen molar-refractivity contribution in [1.82, 2.24) is 9.97 Å². The highest BCUT2D eigenvalue weighted by Crippen LogP contribution is 2.33. The van der Waals surface area contributed by atoms with E-state index in [1.807, 2.05) is 0 Å². The van der Waals surface area contributed by atoms with E-state index in [1.54, 1.807) is 6.92 Å². The van der Waals surface area contributed by atoms with E-state index in [9.17, 15) is 13.6 Å². The average Bonchev–Trinajstić information content (AvgIpc) is 2.64. The second-order valence-electron chi connectivity index (χ2n) is 3.24. The van der Waals surface area contributed by atoms with E-state index >= 15 is 0 Å². The lowest BCUT2D eigenvalue weighted by atomic mass is 10.4. The van der Waals surface area contributed by atoms with Gasteiger partial charge in [-0.15, -0.1) is 0 Å². The topological polar surface area (TPSA) is 63.1 Å². The summed E-state index contributed by atoms with van der Waals surface area (Å²) < 4.78 is 26.3. The number of carboxylic acids is 1. The van der Waals surface area contributed by atoms with Gasteiger partial charge in [0.2, 0.25) is 0 Å². The summed E-state index contributed by atoms with van der Waals surface area (Å²) in [6.45, 7) is 1.55. The Morgan fingerprint density at radius 1 is 1.50 bits per heavy atom. The van der Waals surface area contributed by atoms with Gasteiger partial charge in [0.05, 0.1) is 11.9 Å². The lowest BCUT2D eigenvalue weighted by Gasteiger charge is -1.98. The molecule has 0 saturated heterocycles. The van der Waals surface area contributed by atoms with Gasteiger partial charge in [0, 0.05) is 6.07 Å². The summed E-state index contributed by atoms with van der Waals surface area (Å²) in [5.74, 6) is -2.65. The van der Waals surface area contributed by atoms with Crippen LogP contribution in [0.4, 0.5) is 8.78 Å². The monoisotopic (exact) mass is 288 g/mol. The first-order valence-electron chi connectivity index (χ1n) is 4.67. The molecular weight excluding hydrogens is 282 g/mol. The van der Waals surface area contributed by atoms with E-state index in [0.29, 0.717) is 16.1 Å². The third kappa shape index (κ3) is 2.65. The maximum Gasteiger partial charge on any atom is 0.347 e. The quantitative estimate of drug-likeness (QED) is 0.940. The Hall–Kier alpha value is -1.54. The number of carboxylic acid groups (broad SMARTS) is 1. The fourth-order valence-corrected chi connectivity index (χ4v) is 3.07. The smallest absolute Gasteiger partial charge is 0.347 e. The molecule has 2 heterocycles. The van der Waals surface area contributed by atoms with Gasteiger partial charge in [0.25, 0.3) is 0 Å². The first-order chi connectivity index (χ1) is 8.47. The zero-order valence-electron chi connectivity index (χ0n) is 8.98. The van der Waals surface area contributed by atoms with Crippen molar-refractivity contribution in [2.24, 2.45) is 0 Å². The predicted octanol–water partition coefficient (Wildman–Crippen LogP) is 2.97. The maximum atomic E-state index is 13.3. The molecule has 0 radical (unpaired) electrons. The van der Waals surface area contributed by atoms with Crippen LogP contribution in [0.5, 0.6) is 0 Å². The van der Waals surface area contributed by atoms with Crippen LogP contribution in [0.15, 0.2) is 21.6 Å². The molecule has 0 aromatic carbocycles. The lowest BCUT2D eigenvalue weighted by molar-refractivity contribution is 0.0701. The van der Waals surface area contributed by atoms with Gasteiger partial charge in [0.15, 0.2) is 10.2 Å². The second kappa shape index (κ2) is 4.99. The first kappa shape index (κ1) is 12.9. The van der Waals surface area contributed by atoms with Crippen LogP contribution in [0.25, 0.3) is 0 Å². The van der Waals surface area contributed by atoms with Crippen molar-refractivity contribution in [2.75, 3.05) is 0 Å². The molecule has 8 heteroatoms. The molecule has 2 aromatic heterocycles. The molecule has 4 nitrogen and oxygen atoms in total. The molecule has 0 spiro atoms. The molecule has 0 aliphatic rings. The van der Waals surface area contributed by atoms with Gasteiger partial charge in [-0.05, 0) is 18.7 Å². The summed E-state index contributed by atoms with van der Waals surface area (Å²) in [7, 11) is 0. The van der Waals surface area contributed by atoms with Crippen LogP contribution in [0.3, 0.4) is 0 Å². The van der Waals surface area contributed by atoms with Gasteiger partial charge in [-0.3, -0.25) is 0 Å². The summed E-state index contributed by atoms with van der Waals surface area (Å²) in [6.07, 6.45) is 0.893. The zero-order valence-corrected chi connectivity index (χ0v) is 10.6. The second-order valence-corrected chi connectivity index (χ2v) is 5.48. The molecule has 94 valence electrons. The minimum Gasteiger partial charge on any atom is -0.477 e. The molecule has 18 heavy (non-hydrogen) atoms. The Morgan fingerprint density at radius 2 is 2.22 bits per heavy atom. The molecule has 1 N–H and O–H groups in total. The van der Waals surface area contributed by atoms with Crippen molar-refractivity contribution < 1.29 is 18.7 Å².